The Hall–Kier alpha value is -6.33. The van der Waals surface area contributed by atoms with Gasteiger partial charge < -0.3 is 10.2 Å². The molecule has 0 radical (unpaired) electrons. The maximum atomic E-state index is 13.3. The van der Waals surface area contributed by atoms with Gasteiger partial charge in [0.05, 0.1) is 39.4 Å². The van der Waals surface area contributed by atoms with E-state index in [1.807, 2.05) is 42.5 Å². The number of rotatable bonds is 11. The Morgan fingerprint density at radius 3 is 2.54 bits per heavy atom. The molecule has 4 aromatic heterocycles. The van der Waals surface area contributed by atoms with E-state index in [0.717, 1.165) is 80.0 Å². The van der Waals surface area contributed by atoms with Gasteiger partial charge in [-0.3, -0.25) is 33.7 Å². The molecule has 16 nitrogen and oxygen atoms in total. The van der Waals surface area contributed by atoms with Crippen molar-refractivity contribution in [1.29, 1.82) is 0 Å². The van der Waals surface area contributed by atoms with E-state index in [-0.39, 0.29) is 35.0 Å². The fourth-order valence-electron chi connectivity index (χ4n) is 8.02. The standard InChI is InChI=1S/C42H44N10O6S/c1-26-9-10-29(22-36(26)59(3,57)58)40(54)44-25-30-24-33-32(48-47-30)12-11-31(45-33)28-15-16-43-37(23-28)51-20-18-50(19-21-51)17-5-7-27-6-4-8-34-39(27)49(2)42(56)52(34)35-13-14-38(53)46-41(35)55/h4,6,8-12,15-16,22-24,35H,5,7,13-14,17-21,25H2,1-3H3,(H,44,54)(H,46,53,55). The number of benzene rings is 2. The highest BCUT2D eigenvalue weighted by Gasteiger charge is 2.31. The smallest absolute Gasteiger partial charge is 0.329 e. The Morgan fingerprint density at radius 1 is 0.949 bits per heavy atom. The fourth-order valence-corrected chi connectivity index (χ4v) is 9.01. The zero-order valence-electron chi connectivity index (χ0n) is 33.0. The van der Waals surface area contributed by atoms with Gasteiger partial charge in [-0.15, -0.1) is 5.10 Å². The predicted molar refractivity (Wildman–Crippen MR) is 222 cm³/mol. The molecule has 2 saturated heterocycles. The number of carbonyl (C=O) groups excluding carboxylic acids is 3. The first-order valence-corrected chi connectivity index (χ1v) is 21.4. The molecule has 0 bridgehead atoms. The van der Waals surface area contributed by atoms with Gasteiger partial charge in [-0.1, -0.05) is 18.2 Å². The van der Waals surface area contributed by atoms with Crippen LogP contribution in [0.3, 0.4) is 0 Å². The van der Waals surface area contributed by atoms with Crippen molar-refractivity contribution >= 4 is 55.4 Å². The molecule has 0 saturated carbocycles. The number of aromatic nitrogens is 6. The lowest BCUT2D eigenvalue weighted by Gasteiger charge is -2.35. The van der Waals surface area contributed by atoms with E-state index in [0.29, 0.717) is 34.2 Å². The number of nitrogens with one attached hydrogen (secondary N) is 2. The second-order valence-corrected chi connectivity index (χ2v) is 17.2. The Bertz CT molecular complexity index is 2810. The predicted octanol–water partition coefficient (Wildman–Crippen LogP) is 3.11. The van der Waals surface area contributed by atoms with Gasteiger partial charge in [0.1, 0.15) is 17.4 Å². The van der Waals surface area contributed by atoms with Crippen molar-refractivity contribution in [3.8, 4) is 11.3 Å². The first-order chi connectivity index (χ1) is 28.3. The van der Waals surface area contributed by atoms with Gasteiger partial charge in [0, 0.05) is 63.2 Å². The number of para-hydroxylation sites is 1. The maximum Gasteiger partial charge on any atom is 0.329 e. The number of fused-ring (bicyclic) bond motifs is 2. The summed E-state index contributed by atoms with van der Waals surface area (Å²) in [7, 11) is -1.75. The highest BCUT2D eigenvalue weighted by atomic mass is 32.2. The third kappa shape index (κ3) is 8.20. The SMILES string of the molecule is Cc1ccc(C(=O)NCc2cc3nc(-c4ccnc(N5CCN(CCCc6cccc7c6n(C)c(=O)n7C6CCC(=O)NC6=O)CC5)c4)ccc3nn2)cc1S(C)(=O)=O. The van der Waals surface area contributed by atoms with E-state index in [9.17, 15) is 27.6 Å². The third-order valence-electron chi connectivity index (χ3n) is 11.1. The summed E-state index contributed by atoms with van der Waals surface area (Å²) in [5.74, 6) is -0.308. The van der Waals surface area contributed by atoms with Gasteiger partial charge in [0.25, 0.3) is 5.91 Å². The van der Waals surface area contributed by atoms with Crippen LogP contribution in [0.5, 0.6) is 0 Å². The number of piperidine rings is 1. The van der Waals surface area contributed by atoms with E-state index in [1.54, 1.807) is 42.9 Å². The number of aryl methyl sites for hydroxylation is 3. The van der Waals surface area contributed by atoms with Crippen molar-refractivity contribution in [2.45, 2.75) is 50.1 Å². The minimum absolute atomic E-state index is 0.0823. The van der Waals surface area contributed by atoms with E-state index in [4.69, 9.17) is 4.98 Å². The van der Waals surface area contributed by atoms with Crippen molar-refractivity contribution < 1.29 is 22.8 Å². The third-order valence-corrected chi connectivity index (χ3v) is 12.4. The Labute approximate surface area is 340 Å². The highest BCUT2D eigenvalue weighted by molar-refractivity contribution is 7.90. The summed E-state index contributed by atoms with van der Waals surface area (Å²) >= 11 is 0. The molecule has 2 aliphatic rings. The molecule has 0 spiro atoms. The molecule has 17 heteroatoms. The average Bonchev–Trinajstić information content (AvgIpc) is 3.48. The van der Waals surface area contributed by atoms with Gasteiger partial charge in [-0.25, -0.2) is 23.2 Å². The molecule has 1 unspecified atom stereocenters. The summed E-state index contributed by atoms with van der Waals surface area (Å²) in [6.07, 6.45) is 5.08. The molecule has 3 amide bonds. The first kappa shape index (κ1) is 39.5. The van der Waals surface area contributed by atoms with Gasteiger partial charge in [-0.2, -0.15) is 5.10 Å². The molecule has 2 aromatic carbocycles. The van der Waals surface area contributed by atoms with Crippen LogP contribution in [0, 0.1) is 6.92 Å². The largest absolute Gasteiger partial charge is 0.354 e. The zero-order valence-corrected chi connectivity index (χ0v) is 33.8. The van der Waals surface area contributed by atoms with Crippen molar-refractivity contribution in [3.05, 3.63) is 106 Å². The van der Waals surface area contributed by atoms with E-state index < -0.39 is 27.7 Å². The second-order valence-electron chi connectivity index (χ2n) is 15.2. The van der Waals surface area contributed by atoms with Crippen LogP contribution < -0.4 is 21.2 Å². The van der Waals surface area contributed by atoms with E-state index in [1.165, 1.54) is 10.6 Å². The molecule has 59 heavy (non-hydrogen) atoms. The van der Waals surface area contributed by atoms with Crippen molar-refractivity contribution in [1.82, 2.24) is 44.8 Å². The lowest BCUT2D eigenvalue weighted by Crippen LogP contribution is -2.47. The molecule has 6 heterocycles. The number of imidazole rings is 1. The summed E-state index contributed by atoms with van der Waals surface area (Å²) in [6, 6.07) is 19.2. The quantitative estimate of drug-likeness (QED) is 0.182. The van der Waals surface area contributed by atoms with Crippen LogP contribution in [0.15, 0.2) is 82.6 Å². The van der Waals surface area contributed by atoms with Crippen molar-refractivity contribution in [2.75, 3.05) is 43.9 Å². The molecule has 2 N–H and O–H groups in total. The number of amides is 3. The molecule has 2 aliphatic heterocycles. The summed E-state index contributed by atoms with van der Waals surface area (Å²) in [5.41, 5.74) is 6.51. The molecule has 0 aliphatic carbocycles. The lowest BCUT2D eigenvalue weighted by atomic mass is 10.0. The minimum atomic E-state index is -3.48. The van der Waals surface area contributed by atoms with Crippen LogP contribution in [-0.4, -0.2) is 99.3 Å². The second kappa shape index (κ2) is 16.1. The molecular formula is C42H44N10O6S. The van der Waals surface area contributed by atoms with E-state index in [2.05, 4.69) is 35.6 Å². The van der Waals surface area contributed by atoms with Crippen LogP contribution in [0.2, 0.25) is 0 Å². The molecule has 1 atom stereocenters. The Morgan fingerprint density at radius 2 is 1.76 bits per heavy atom. The monoisotopic (exact) mass is 816 g/mol. The van der Waals surface area contributed by atoms with Crippen LogP contribution >= 0.6 is 0 Å². The summed E-state index contributed by atoms with van der Waals surface area (Å²) < 4.78 is 27.4. The summed E-state index contributed by atoms with van der Waals surface area (Å²) in [5, 5.41) is 13.7. The number of carbonyl (C=O) groups is 3. The Balaban J connectivity index is 0.877. The van der Waals surface area contributed by atoms with Crippen molar-refractivity contribution in [2.24, 2.45) is 7.05 Å². The minimum Gasteiger partial charge on any atom is -0.354 e. The molecule has 304 valence electrons. The number of sulfone groups is 1. The van der Waals surface area contributed by atoms with Crippen LogP contribution in [0.25, 0.3) is 33.3 Å². The average molecular weight is 817 g/mol. The number of hydrogen-bond donors (Lipinski definition) is 2. The van der Waals surface area contributed by atoms with Gasteiger partial charge in [0.15, 0.2) is 9.84 Å². The number of hydrogen-bond acceptors (Lipinski definition) is 12. The molecule has 2 fully saturated rings. The van der Waals surface area contributed by atoms with Gasteiger partial charge in [0.2, 0.25) is 11.8 Å². The number of nitrogens with zero attached hydrogens (tertiary/aromatic N) is 8. The molecule has 8 rings (SSSR count). The van der Waals surface area contributed by atoms with Gasteiger partial charge >= 0.3 is 5.69 Å². The first-order valence-electron chi connectivity index (χ1n) is 19.5. The maximum absolute atomic E-state index is 13.3. The normalized spacial score (nSPS) is 16.5. The van der Waals surface area contributed by atoms with Gasteiger partial charge in [-0.05, 0) is 92.4 Å². The number of pyridine rings is 2. The van der Waals surface area contributed by atoms with Crippen LogP contribution in [-0.2, 0) is 39.4 Å². The Kier molecular flexibility index (Phi) is 10.8. The molecular weight excluding hydrogens is 773 g/mol. The highest BCUT2D eigenvalue weighted by Crippen LogP contribution is 2.27. The zero-order chi connectivity index (χ0) is 41.4. The number of piperazine rings is 1. The topological polar surface area (TPSA) is 194 Å². The molecule has 6 aromatic rings. The number of anilines is 1. The van der Waals surface area contributed by atoms with E-state index >= 15 is 0 Å². The van der Waals surface area contributed by atoms with Crippen LogP contribution in [0.1, 0.15) is 52.5 Å². The summed E-state index contributed by atoms with van der Waals surface area (Å²) in [4.78, 5) is 65.0. The number of imide groups is 1. The van der Waals surface area contributed by atoms with Crippen LogP contribution in [0.4, 0.5) is 5.82 Å². The van der Waals surface area contributed by atoms with Crippen molar-refractivity contribution in [3.63, 3.8) is 0 Å². The lowest BCUT2D eigenvalue weighted by molar-refractivity contribution is -0.135. The fraction of sp³-hybridized carbons (Fsp3) is 0.333. The summed E-state index contributed by atoms with van der Waals surface area (Å²) in [6.45, 7) is 6.02.